The van der Waals surface area contributed by atoms with Crippen LogP contribution < -0.4 is 5.32 Å². The third-order valence-electron chi connectivity index (χ3n) is 2.39. The second-order valence-electron chi connectivity index (χ2n) is 4.13. The van der Waals surface area contributed by atoms with E-state index in [1.807, 2.05) is 24.3 Å². The molecule has 108 valence electrons. The molecule has 0 spiro atoms. The minimum Gasteiger partial charge on any atom is -0.338 e. The quantitative estimate of drug-likeness (QED) is 0.901. The predicted molar refractivity (Wildman–Crippen MR) is 69.0 cm³/mol. The number of hydrogen-bond donors (Lipinski definition) is 1. The highest BCUT2D eigenvalue weighted by Crippen LogP contribution is 2.14. The van der Waals surface area contributed by atoms with Gasteiger partial charge in [0.25, 0.3) is 0 Å². The molecule has 0 aliphatic heterocycles. The lowest BCUT2D eigenvalue weighted by Gasteiger charge is -2.05. The van der Waals surface area contributed by atoms with Crippen LogP contribution in [0.4, 0.5) is 13.2 Å². The van der Waals surface area contributed by atoms with E-state index in [-0.39, 0.29) is 12.4 Å². The fraction of sp³-hybridized carbons (Fsp3) is 0.333. The van der Waals surface area contributed by atoms with Crippen molar-refractivity contribution >= 4 is 15.9 Å². The zero-order valence-corrected chi connectivity index (χ0v) is 11.8. The minimum atomic E-state index is -4.25. The van der Waals surface area contributed by atoms with Crippen molar-refractivity contribution in [1.82, 2.24) is 15.5 Å². The Morgan fingerprint density at radius 1 is 1.20 bits per heavy atom. The summed E-state index contributed by atoms with van der Waals surface area (Å²) >= 11 is 3.33. The van der Waals surface area contributed by atoms with Crippen LogP contribution in [0.5, 0.6) is 0 Å². The van der Waals surface area contributed by atoms with Gasteiger partial charge in [-0.3, -0.25) is 0 Å². The standard InChI is InChI=1S/C12H11BrF3N3O/c13-9-3-1-8(2-4-9)5-10-18-11(20-19-10)6-17-7-12(14,15)16/h1-4,17H,5-7H2. The van der Waals surface area contributed by atoms with E-state index < -0.39 is 12.7 Å². The number of halogens is 4. The summed E-state index contributed by atoms with van der Waals surface area (Å²) in [6.07, 6.45) is -3.78. The summed E-state index contributed by atoms with van der Waals surface area (Å²) in [5.41, 5.74) is 0.990. The summed E-state index contributed by atoms with van der Waals surface area (Å²) in [6.45, 7) is -1.19. The molecule has 0 fully saturated rings. The molecule has 8 heteroatoms. The highest BCUT2D eigenvalue weighted by atomic mass is 79.9. The Hall–Kier alpha value is -1.41. The number of nitrogens with zero attached hydrogens (tertiary/aromatic N) is 2. The monoisotopic (exact) mass is 349 g/mol. The molecular formula is C12H11BrF3N3O. The maximum absolute atomic E-state index is 12.0. The Kier molecular flexibility index (Phi) is 4.77. The molecule has 2 rings (SSSR count). The van der Waals surface area contributed by atoms with E-state index in [4.69, 9.17) is 4.52 Å². The Morgan fingerprint density at radius 3 is 2.55 bits per heavy atom. The normalized spacial score (nSPS) is 11.8. The Labute approximate surface area is 121 Å². The first kappa shape index (κ1) is 15.0. The number of nitrogens with one attached hydrogen (secondary N) is 1. The Morgan fingerprint density at radius 2 is 1.90 bits per heavy atom. The summed E-state index contributed by atoms with van der Waals surface area (Å²) in [7, 11) is 0. The fourth-order valence-corrected chi connectivity index (χ4v) is 1.79. The van der Waals surface area contributed by atoms with Crippen LogP contribution in [0.2, 0.25) is 0 Å². The molecule has 1 aromatic heterocycles. The molecule has 1 N–H and O–H groups in total. The van der Waals surface area contributed by atoms with Crippen molar-refractivity contribution in [3.05, 3.63) is 46.0 Å². The summed E-state index contributed by atoms with van der Waals surface area (Å²) in [5.74, 6) is 0.581. The number of alkyl halides is 3. The molecular weight excluding hydrogens is 339 g/mol. The maximum atomic E-state index is 12.0. The molecule has 4 nitrogen and oxygen atoms in total. The molecule has 1 aromatic carbocycles. The van der Waals surface area contributed by atoms with Gasteiger partial charge in [0.1, 0.15) is 0 Å². The van der Waals surface area contributed by atoms with Crippen LogP contribution in [-0.2, 0) is 13.0 Å². The molecule has 0 saturated carbocycles. The molecule has 0 bridgehead atoms. The molecule has 0 radical (unpaired) electrons. The molecule has 0 atom stereocenters. The third kappa shape index (κ3) is 4.93. The van der Waals surface area contributed by atoms with Crippen molar-refractivity contribution in [1.29, 1.82) is 0 Å². The summed E-state index contributed by atoms with van der Waals surface area (Å²) in [5, 5.41) is 5.93. The van der Waals surface area contributed by atoms with Crippen molar-refractivity contribution in [3.63, 3.8) is 0 Å². The Bertz CT molecular complexity index is 554. The molecule has 0 aliphatic carbocycles. The van der Waals surface area contributed by atoms with Gasteiger partial charge >= 0.3 is 6.18 Å². The molecule has 0 aliphatic rings. The summed E-state index contributed by atoms with van der Waals surface area (Å²) < 4.78 is 41.7. The average Bonchev–Trinajstić information content (AvgIpc) is 2.78. The number of aromatic nitrogens is 2. The van der Waals surface area contributed by atoms with E-state index in [1.54, 1.807) is 0 Å². The van der Waals surface area contributed by atoms with Crippen LogP contribution in [0.3, 0.4) is 0 Å². The smallest absolute Gasteiger partial charge is 0.338 e. The lowest BCUT2D eigenvalue weighted by molar-refractivity contribution is -0.125. The van der Waals surface area contributed by atoms with Crippen molar-refractivity contribution in [2.24, 2.45) is 0 Å². The van der Waals surface area contributed by atoms with Crippen LogP contribution in [0, 0.1) is 0 Å². The zero-order chi connectivity index (χ0) is 14.6. The van der Waals surface area contributed by atoms with Gasteiger partial charge in [0, 0.05) is 10.9 Å². The van der Waals surface area contributed by atoms with E-state index in [1.165, 1.54) is 0 Å². The zero-order valence-electron chi connectivity index (χ0n) is 10.2. The van der Waals surface area contributed by atoms with Gasteiger partial charge in [0.15, 0.2) is 5.82 Å². The van der Waals surface area contributed by atoms with Gasteiger partial charge in [-0.1, -0.05) is 33.2 Å². The van der Waals surface area contributed by atoms with Crippen molar-refractivity contribution in [3.8, 4) is 0 Å². The predicted octanol–water partition coefficient (Wildman–Crippen LogP) is 3.07. The molecule has 1 heterocycles. The second kappa shape index (κ2) is 6.36. The topological polar surface area (TPSA) is 51.0 Å². The summed E-state index contributed by atoms with van der Waals surface area (Å²) in [6, 6.07) is 7.59. The highest BCUT2D eigenvalue weighted by Gasteiger charge is 2.26. The first-order chi connectivity index (χ1) is 9.42. The molecule has 0 unspecified atom stereocenters. The minimum absolute atomic E-state index is 0.104. The lowest BCUT2D eigenvalue weighted by Crippen LogP contribution is -2.28. The molecule has 20 heavy (non-hydrogen) atoms. The molecule has 0 amide bonds. The van der Waals surface area contributed by atoms with E-state index in [9.17, 15) is 13.2 Å². The number of hydrogen-bond acceptors (Lipinski definition) is 4. The maximum Gasteiger partial charge on any atom is 0.401 e. The van der Waals surface area contributed by atoms with Crippen LogP contribution >= 0.6 is 15.9 Å². The van der Waals surface area contributed by atoms with Gasteiger partial charge in [-0.15, -0.1) is 0 Å². The van der Waals surface area contributed by atoms with Gasteiger partial charge in [0.2, 0.25) is 5.89 Å². The second-order valence-corrected chi connectivity index (χ2v) is 5.04. The number of rotatable bonds is 5. The first-order valence-corrected chi connectivity index (χ1v) is 6.55. The SMILES string of the molecule is FC(F)(F)CNCc1nc(Cc2ccc(Br)cc2)no1. The number of benzene rings is 1. The van der Waals surface area contributed by atoms with E-state index in [2.05, 4.69) is 31.4 Å². The largest absolute Gasteiger partial charge is 0.401 e. The van der Waals surface area contributed by atoms with E-state index >= 15 is 0 Å². The van der Waals surface area contributed by atoms with Gasteiger partial charge in [-0.25, -0.2) is 0 Å². The van der Waals surface area contributed by atoms with Crippen LogP contribution in [0.1, 0.15) is 17.3 Å². The van der Waals surface area contributed by atoms with Crippen molar-refractivity contribution in [2.75, 3.05) is 6.54 Å². The summed E-state index contributed by atoms with van der Waals surface area (Å²) in [4.78, 5) is 4.03. The Balaban J connectivity index is 1.87. The van der Waals surface area contributed by atoms with Crippen LogP contribution in [0.15, 0.2) is 33.3 Å². The van der Waals surface area contributed by atoms with Crippen LogP contribution in [0.25, 0.3) is 0 Å². The van der Waals surface area contributed by atoms with Crippen LogP contribution in [-0.4, -0.2) is 22.9 Å². The van der Waals surface area contributed by atoms with Crippen molar-refractivity contribution in [2.45, 2.75) is 19.1 Å². The fourth-order valence-electron chi connectivity index (χ4n) is 1.53. The lowest BCUT2D eigenvalue weighted by atomic mass is 10.1. The third-order valence-corrected chi connectivity index (χ3v) is 2.92. The van der Waals surface area contributed by atoms with Gasteiger partial charge < -0.3 is 9.84 Å². The molecule has 2 aromatic rings. The molecule has 0 saturated heterocycles. The highest BCUT2D eigenvalue weighted by molar-refractivity contribution is 9.10. The van der Waals surface area contributed by atoms with Gasteiger partial charge in [-0.2, -0.15) is 18.2 Å². The van der Waals surface area contributed by atoms with Gasteiger partial charge in [-0.05, 0) is 17.7 Å². The van der Waals surface area contributed by atoms with E-state index in [0.717, 1.165) is 10.0 Å². The van der Waals surface area contributed by atoms with Crippen molar-refractivity contribution < 1.29 is 17.7 Å². The van der Waals surface area contributed by atoms with E-state index in [0.29, 0.717) is 12.2 Å². The average molecular weight is 350 g/mol. The first-order valence-electron chi connectivity index (χ1n) is 5.76. The van der Waals surface area contributed by atoms with Gasteiger partial charge in [0.05, 0.1) is 13.1 Å².